The third kappa shape index (κ3) is 3.07. The van der Waals surface area contributed by atoms with Crippen LogP contribution in [0.5, 0.6) is 0 Å². The molecule has 1 heterocycles. The number of hydrogen-bond acceptors (Lipinski definition) is 1. The second-order valence-corrected chi connectivity index (χ2v) is 9.99. The molecule has 5 radical (unpaired) electrons. The van der Waals surface area contributed by atoms with Crippen LogP contribution in [-0.4, -0.2) is 14.9 Å². The predicted octanol–water partition coefficient (Wildman–Crippen LogP) is 2.73. The zero-order valence-electron chi connectivity index (χ0n) is 9.79. The molecular formula is C11H20NOSi. The predicted molar refractivity (Wildman–Crippen MR) is 61.4 cm³/mol. The van der Waals surface area contributed by atoms with Crippen LogP contribution in [0.3, 0.4) is 0 Å². The molecule has 0 aromatic carbocycles. The summed E-state index contributed by atoms with van der Waals surface area (Å²) in [4.78, 5) is 0. The van der Waals surface area contributed by atoms with Crippen molar-refractivity contribution < 1.29 is 4.43 Å². The highest BCUT2D eigenvalue weighted by molar-refractivity contribution is 6.74. The molecule has 3 heteroatoms. The van der Waals surface area contributed by atoms with Crippen LogP contribution in [0.25, 0.3) is 0 Å². The first kappa shape index (κ1) is 12.2. The van der Waals surface area contributed by atoms with Crippen LogP contribution in [0.15, 0.2) is 0 Å². The van der Waals surface area contributed by atoms with Crippen LogP contribution in [0, 0.1) is 25.4 Å². The number of hydrogen-bond donors (Lipinski definition) is 0. The minimum absolute atomic E-state index is 0.277. The van der Waals surface area contributed by atoms with E-state index in [4.69, 9.17) is 4.43 Å². The lowest BCUT2D eigenvalue weighted by Gasteiger charge is -2.36. The van der Waals surface area contributed by atoms with Crippen molar-refractivity contribution in [3.8, 4) is 0 Å². The minimum atomic E-state index is -1.60. The molecule has 0 N–H and O–H groups in total. The Morgan fingerprint density at radius 3 is 2.43 bits per heavy atom. The van der Waals surface area contributed by atoms with Gasteiger partial charge in [0.05, 0.1) is 12.6 Å². The van der Waals surface area contributed by atoms with Gasteiger partial charge in [0.15, 0.2) is 8.32 Å². The van der Waals surface area contributed by atoms with Crippen LogP contribution < -0.4 is 5.32 Å². The Balaban J connectivity index is 2.35. The van der Waals surface area contributed by atoms with Gasteiger partial charge in [0, 0.05) is 6.54 Å². The van der Waals surface area contributed by atoms with E-state index in [1.54, 1.807) is 0 Å². The third-order valence-electron chi connectivity index (χ3n) is 3.00. The van der Waals surface area contributed by atoms with Gasteiger partial charge in [-0.05, 0) is 31.0 Å². The summed E-state index contributed by atoms with van der Waals surface area (Å²) in [7, 11) is -1.60. The molecule has 1 aliphatic rings. The highest BCUT2D eigenvalue weighted by atomic mass is 28.4. The molecule has 0 unspecified atom stereocenters. The summed E-state index contributed by atoms with van der Waals surface area (Å²) in [5, 5.41) is 4.48. The zero-order valence-corrected chi connectivity index (χ0v) is 10.8. The topological polar surface area (TPSA) is 23.3 Å². The van der Waals surface area contributed by atoms with Crippen LogP contribution in [0.2, 0.25) is 18.1 Å². The van der Waals surface area contributed by atoms with Gasteiger partial charge in [0.2, 0.25) is 0 Å². The highest BCUT2D eigenvalue weighted by Crippen LogP contribution is 2.37. The smallest absolute Gasteiger partial charge is 0.192 e. The average Bonchev–Trinajstić information content (AvgIpc) is 2.50. The molecule has 0 aromatic rings. The molecule has 0 aromatic heterocycles. The van der Waals surface area contributed by atoms with E-state index in [-0.39, 0.29) is 5.04 Å². The fraction of sp³-hybridized carbons (Fsp3) is 0.636. The summed E-state index contributed by atoms with van der Waals surface area (Å²) >= 11 is 0. The van der Waals surface area contributed by atoms with Crippen molar-refractivity contribution in [2.45, 2.75) is 38.9 Å². The maximum absolute atomic E-state index is 6.01. The Morgan fingerprint density at radius 2 is 2.00 bits per heavy atom. The first-order valence-corrected chi connectivity index (χ1v) is 7.94. The first-order chi connectivity index (χ1) is 6.33. The maximum Gasteiger partial charge on any atom is 0.192 e. The summed E-state index contributed by atoms with van der Waals surface area (Å²) < 4.78 is 6.01. The van der Waals surface area contributed by atoms with Crippen LogP contribution in [0.1, 0.15) is 20.8 Å². The summed E-state index contributed by atoms with van der Waals surface area (Å²) in [6.45, 7) is 13.7. The number of nitrogens with zero attached hydrogens (tertiary/aromatic N) is 1. The SMILES string of the molecule is CC(C)(C)[Si](C)(C)OC[C]1[CH][CH][CH][N]1. The average molecular weight is 210 g/mol. The van der Waals surface area contributed by atoms with E-state index >= 15 is 0 Å². The van der Waals surface area contributed by atoms with Crippen LogP contribution in [0.4, 0.5) is 0 Å². The standard InChI is InChI=1S/C11H20NOSi/c1-11(2,3)14(4,5)13-9-10-7-6-8-12-10/h6-8H,9H2,1-5H3. The quantitative estimate of drug-likeness (QED) is 0.657. The fourth-order valence-corrected chi connectivity index (χ4v) is 1.83. The second kappa shape index (κ2) is 4.33. The molecule has 1 rings (SSSR count). The number of rotatable bonds is 3. The van der Waals surface area contributed by atoms with Gasteiger partial charge in [-0.2, -0.15) is 0 Å². The Bertz CT molecular complexity index is 180. The van der Waals surface area contributed by atoms with Crippen LogP contribution >= 0.6 is 0 Å². The molecule has 0 aliphatic carbocycles. The molecule has 1 fully saturated rings. The summed E-state index contributed by atoms with van der Waals surface area (Å²) in [6.07, 6.45) is 3.96. The Morgan fingerprint density at radius 1 is 1.36 bits per heavy atom. The Kier molecular flexibility index (Phi) is 3.78. The molecule has 0 bridgehead atoms. The van der Waals surface area contributed by atoms with Crippen LogP contribution in [-0.2, 0) is 4.43 Å². The normalized spacial score (nSPS) is 20.4. The highest BCUT2D eigenvalue weighted by Gasteiger charge is 2.37. The van der Waals surface area contributed by atoms with Crippen molar-refractivity contribution in [2.75, 3.05) is 6.61 Å². The molecular weight excluding hydrogens is 190 g/mol. The van der Waals surface area contributed by atoms with Gasteiger partial charge < -0.3 is 4.43 Å². The fourth-order valence-electron chi connectivity index (χ4n) is 0.892. The van der Waals surface area contributed by atoms with Crippen molar-refractivity contribution >= 4 is 8.32 Å². The van der Waals surface area contributed by atoms with Gasteiger partial charge >= 0.3 is 0 Å². The van der Waals surface area contributed by atoms with E-state index in [2.05, 4.69) is 39.2 Å². The summed E-state index contributed by atoms with van der Waals surface area (Å²) in [6, 6.07) is 1.04. The molecule has 0 amide bonds. The molecule has 1 saturated heterocycles. The van der Waals surface area contributed by atoms with E-state index in [1.165, 1.54) is 0 Å². The Hall–Kier alpha value is 0.137. The molecule has 14 heavy (non-hydrogen) atoms. The van der Waals surface area contributed by atoms with Gasteiger partial charge in [-0.25, -0.2) is 5.32 Å². The lowest BCUT2D eigenvalue weighted by Crippen LogP contribution is -2.42. The Labute approximate surface area is 89.6 Å². The monoisotopic (exact) mass is 210 g/mol. The maximum atomic E-state index is 6.01. The zero-order chi connectivity index (χ0) is 10.8. The molecule has 0 atom stereocenters. The van der Waals surface area contributed by atoms with Gasteiger partial charge in [-0.15, -0.1) is 0 Å². The molecule has 0 spiro atoms. The van der Waals surface area contributed by atoms with Crippen molar-refractivity contribution in [1.82, 2.24) is 5.32 Å². The second-order valence-electron chi connectivity index (χ2n) is 5.18. The van der Waals surface area contributed by atoms with E-state index in [1.807, 2.05) is 19.4 Å². The van der Waals surface area contributed by atoms with Gasteiger partial charge in [-0.1, -0.05) is 20.8 Å². The largest absolute Gasteiger partial charge is 0.415 e. The molecule has 79 valence electrons. The van der Waals surface area contributed by atoms with Gasteiger partial charge in [0.1, 0.15) is 0 Å². The lowest BCUT2D eigenvalue weighted by molar-refractivity contribution is 0.297. The lowest BCUT2D eigenvalue weighted by atomic mass is 10.2. The van der Waals surface area contributed by atoms with Crippen molar-refractivity contribution in [1.29, 1.82) is 0 Å². The van der Waals surface area contributed by atoms with E-state index < -0.39 is 8.32 Å². The molecule has 2 nitrogen and oxygen atoms in total. The molecule has 1 aliphatic heterocycles. The van der Waals surface area contributed by atoms with Gasteiger partial charge in [-0.3, -0.25) is 0 Å². The van der Waals surface area contributed by atoms with E-state index in [0.29, 0.717) is 6.61 Å². The van der Waals surface area contributed by atoms with E-state index in [9.17, 15) is 0 Å². The summed E-state index contributed by atoms with van der Waals surface area (Å²) in [5.41, 5.74) is 0. The first-order valence-electron chi connectivity index (χ1n) is 5.03. The van der Waals surface area contributed by atoms with E-state index in [0.717, 1.165) is 6.04 Å². The van der Waals surface area contributed by atoms with Crippen molar-refractivity contribution in [2.24, 2.45) is 0 Å². The van der Waals surface area contributed by atoms with Crippen molar-refractivity contribution in [3.63, 3.8) is 0 Å². The van der Waals surface area contributed by atoms with Crippen molar-refractivity contribution in [3.05, 3.63) is 25.4 Å². The molecule has 0 saturated carbocycles. The minimum Gasteiger partial charge on any atom is -0.415 e. The summed E-state index contributed by atoms with van der Waals surface area (Å²) in [5.74, 6) is 0. The third-order valence-corrected chi connectivity index (χ3v) is 7.48. The van der Waals surface area contributed by atoms with Gasteiger partial charge in [0.25, 0.3) is 0 Å².